The van der Waals surface area contributed by atoms with Gasteiger partial charge in [-0.15, -0.1) is 0 Å². The monoisotopic (exact) mass is 170 g/mol. The molecular formula is C10H18O2. The second-order valence-corrected chi connectivity index (χ2v) is 1.79. The van der Waals surface area contributed by atoms with Crippen LogP contribution in [-0.4, -0.2) is 23.4 Å². The molecule has 1 rings (SSSR count). The molecule has 12 heavy (non-hydrogen) atoms. The SMILES string of the molecule is CCO.CCO.c1ccccc1. The van der Waals surface area contributed by atoms with Gasteiger partial charge in [0, 0.05) is 13.2 Å². The smallest absolute Gasteiger partial charge is 0.0402 e. The molecule has 2 heteroatoms. The largest absolute Gasteiger partial charge is 0.397 e. The molecule has 0 aromatic heterocycles. The van der Waals surface area contributed by atoms with Crippen molar-refractivity contribution in [2.24, 2.45) is 0 Å². The number of hydrogen-bond acceptors (Lipinski definition) is 2. The van der Waals surface area contributed by atoms with Gasteiger partial charge in [0.2, 0.25) is 0 Å². The third-order valence-corrected chi connectivity index (χ3v) is 0.667. The molecule has 0 saturated carbocycles. The number of hydrogen-bond donors (Lipinski definition) is 2. The predicted octanol–water partition coefficient (Wildman–Crippen LogP) is 1.68. The van der Waals surface area contributed by atoms with E-state index in [4.69, 9.17) is 10.2 Å². The summed E-state index contributed by atoms with van der Waals surface area (Å²) < 4.78 is 0. The first kappa shape index (κ1) is 13.7. The van der Waals surface area contributed by atoms with E-state index >= 15 is 0 Å². The number of aliphatic hydroxyl groups excluding tert-OH is 2. The second-order valence-electron chi connectivity index (χ2n) is 1.79. The summed E-state index contributed by atoms with van der Waals surface area (Å²) in [5, 5.41) is 15.1. The van der Waals surface area contributed by atoms with Crippen LogP contribution >= 0.6 is 0 Å². The van der Waals surface area contributed by atoms with Crippen molar-refractivity contribution >= 4 is 0 Å². The Morgan fingerprint density at radius 1 is 0.667 bits per heavy atom. The topological polar surface area (TPSA) is 40.5 Å². The van der Waals surface area contributed by atoms with Gasteiger partial charge in [0.1, 0.15) is 0 Å². The molecule has 0 saturated heterocycles. The van der Waals surface area contributed by atoms with Crippen molar-refractivity contribution in [3.8, 4) is 0 Å². The summed E-state index contributed by atoms with van der Waals surface area (Å²) in [6.07, 6.45) is 0. The van der Waals surface area contributed by atoms with Crippen molar-refractivity contribution in [2.45, 2.75) is 13.8 Å². The van der Waals surface area contributed by atoms with E-state index in [0.717, 1.165) is 0 Å². The molecule has 0 heterocycles. The molecule has 0 fully saturated rings. The average Bonchev–Trinajstić information content (AvgIpc) is 2.10. The number of rotatable bonds is 0. The Balaban J connectivity index is 0. The van der Waals surface area contributed by atoms with Gasteiger partial charge in [0.25, 0.3) is 0 Å². The van der Waals surface area contributed by atoms with E-state index in [1.54, 1.807) is 13.8 Å². The van der Waals surface area contributed by atoms with E-state index in [2.05, 4.69) is 0 Å². The molecule has 0 aliphatic rings. The zero-order valence-electron chi connectivity index (χ0n) is 7.77. The fourth-order valence-corrected chi connectivity index (χ4v) is 0.385. The summed E-state index contributed by atoms with van der Waals surface area (Å²) >= 11 is 0. The molecule has 0 aliphatic carbocycles. The summed E-state index contributed by atoms with van der Waals surface area (Å²) in [4.78, 5) is 0. The normalized spacial score (nSPS) is 7.00. The van der Waals surface area contributed by atoms with Crippen LogP contribution in [0, 0.1) is 0 Å². The molecule has 1 aromatic carbocycles. The minimum absolute atomic E-state index is 0.250. The third-order valence-electron chi connectivity index (χ3n) is 0.667. The van der Waals surface area contributed by atoms with Gasteiger partial charge >= 0.3 is 0 Å². The zero-order chi connectivity index (χ0) is 9.66. The van der Waals surface area contributed by atoms with Crippen LogP contribution in [0.3, 0.4) is 0 Å². The zero-order valence-corrected chi connectivity index (χ0v) is 7.77. The van der Waals surface area contributed by atoms with E-state index in [-0.39, 0.29) is 13.2 Å². The molecular weight excluding hydrogens is 152 g/mol. The summed E-state index contributed by atoms with van der Waals surface area (Å²) in [5.74, 6) is 0. The summed E-state index contributed by atoms with van der Waals surface area (Å²) in [7, 11) is 0. The lowest BCUT2D eigenvalue weighted by Gasteiger charge is -1.69. The van der Waals surface area contributed by atoms with Gasteiger partial charge in [-0.1, -0.05) is 36.4 Å². The third kappa shape index (κ3) is 22.9. The van der Waals surface area contributed by atoms with Crippen molar-refractivity contribution in [3.05, 3.63) is 36.4 Å². The minimum Gasteiger partial charge on any atom is -0.397 e. The Labute approximate surface area is 74.5 Å². The maximum Gasteiger partial charge on any atom is 0.0402 e. The lowest BCUT2D eigenvalue weighted by Crippen LogP contribution is -1.57. The quantitative estimate of drug-likeness (QED) is 0.622. The Bertz CT molecular complexity index is 99.8. The first-order chi connectivity index (χ1) is 5.83. The fourth-order valence-electron chi connectivity index (χ4n) is 0.385. The second kappa shape index (κ2) is 16.6. The minimum atomic E-state index is 0.250. The molecule has 0 radical (unpaired) electrons. The van der Waals surface area contributed by atoms with Crippen LogP contribution in [-0.2, 0) is 0 Å². The molecule has 0 aliphatic heterocycles. The summed E-state index contributed by atoms with van der Waals surface area (Å²) in [5.41, 5.74) is 0. The van der Waals surface area contributed by atoms with Gasteiger partial charge in [0.05, 0.1) is 0 Å². The van der Waals surface area contributed by atoms with Crippen LogP contribution < -0.4 is 0 Å². The lowest BCUT2D eigenvalue weighted by atomic mass is 10.4. The van der Waals surface area contributed by atoms with Gasteiger partial charge in [-0.25, -0.2) is 0 Å². The van der Waals surface area contributed by atoms with Crippen LogP contribution in [0.2, 0.25) is 0 Å². The lowest BCUT2D eigenvalue weighted by molar-refractivity contribution is 0.318. The first-order valence-electron chi connectivity index (χ1n) is 4.05. The van der Waals surface area contributed by atoms with Gasteiger partial charge in [0.15, 0.2) is 0 Å². The Kier molecular flexibility index (Phi) is 19.0. The standard InChI is InChI=1S/C6H6.2C2H6O/c1-2-4-6-5-3-1;2*1-2-3/h1-6H;2*3H,2H2,1H3. The predicted molar refractivity (Wildman–Crippen MR) is 52.0 cm³/mol. The molecule has 1 aromatic rings. The Hall–Kier alpha value is -0.860. The molecule has 2 N–H and O–H groups in total. The molecule has 0 spiro atoms. The van der Waals surface area contributed by atoms with Crippen LogP contribution in [0.5, 0.6) is 0 Å². The van der Waals surface area contributed by atoms with Crippen molar-refractivity contribution < 1.29 is 10.2 Å². The van der Waals surface area contributed by atoms with Gasteiger partial charge < -0.3 is 10.2 Å². The van der Waals surface area contributed by atoms with Gasteiger partial charge in [-0.2, -0.15) is 0 Å². The van der Waals surface area contributed by atoms with E-state index in [1.165, 1.54) is 0 Å². The molecule has 0 bridgehead atoms. The van der Waals surface area contributed by atoms with E-state index < -0.39 is 0 Å². The van der Waals surface area contributed by atoms with Crippen molar-refractivity contribution in [3.63, 3.8) is 0 Å². The first-order valence-corrected chi connectivity index (χ1v) is 4.05. The molecule has 70 valence electrons. The number of benzene rings is 1. The number of aliphatic hydroxyl groups is 2. The van der Waals surface area contributed by atoms with Crippen LogP contribution in [0.15, 0.2) is 36.4 Å². The average molecular weight is 170 g/mol. The summed E-state index contributed by atoms with van der Waals surface area (Å²) in [6, 6.07) is 12.0. The Morgan fingerprint density at radius 3 is 0.833 bits per heavy atom. The van der Waals surface area contributed by atoms with E-state index in [1.807, 2.05) is 36.4 Å². The molecule has 2 nitrogen and oxygen atoms in total. The van der Waals surface area contributed by atoms with Crippen molar-refractivity contribution in [1.82, 2.24) is 0 Å². The van der Waals surface area contributed by atoms with E-state index in [0.29, 0.717) is 0 Å². The Morgan fingerprint density at radius 2 is 0.750 bits per heavy atom. The highest BCUT2D eigenvalue weighted by molar-refractivity contribution is 4.99. The fraction of sp³-hybridized carbons (Fsp3) is 0.400. The van der Waals surface area contributed by atoms with Crippen LogP contribution in [0.1, 0.15) is 13.8 Å². The maximum absolute atomic E-state index is 7.57. The van der Waals surface area contributed by atoms with Crippen molar-refractivity contribution in [1.29, 1.82) is 0 Å². The maximum atomic E-state index is 7.57. The molecule has 0 amide bonds. The van der Waals surface area contributed by atoms with Crippen LogP contribution in [0.4, 0.5) is 0 Å². The van der Waals surface area contributed by atoms with Crippen molar-refractivity contribution in [2.75, 3.05) is 13.2 Å². The highest BCUT2D eigenvalue weighted by Crippen LogP contribution is 1.79. The van der Waals surface area contributed by atoms with Gasteiger partial charge in [-0.05, 0) is 13.8 Å². The van der Waals surface area contributed by atoms with E-state index in [9.17, 15) is 0 Å². The van der Waals surface area contributed by atoms with Crippen LogP contribution in [0.25, 0.3) is 0 Å². The highest BCUT2D eigenvalue weighted by Gasteiger charge is 1.57. The van der Waals surface area contributed by atoms with Gasteiger partial charge in [-0.3, -0.25) is 0 Å². The molecule has 0 unspecified atom stereocenters. The highest BCUT2D eigenvalue weighted by atomic mass is 16.3. The summed E-state index contributed by atoms with van der Waals surface area (Å²) in [6.45, 7) is 3.86. The molecule has 0 atom stereocenters.